The van der Waals surface area contributed by atoms with E-state index in [9.17, 15) is 19.5 Å². The number of nitrogens with one attached hydrogen (secondary N) is 1. The number of hydrogen-bond acceptors (Lipinski definition) is 5. The summed E-state index contributed by atoms with van der Waals surface area (Å²) in [5, 5.41) is 12.6. The summed E-state index contributed by atoms with van der Waals surface area (Å²) in [7, 11) is 1.28. The van der Waals surface area contributed by atoms with E-state index in [1.54, 1.807) is 31.2 Å². The average molecular weight is 317 g/mol. The predicted octanol–water partition coefficient (Wildman–Crippen LogP) is 3.10. The van der Waals surface area contributed by atoms with E-state index < -0.39 is 6.09 Å². The van der Waals surface area contributed by atoms with Gasteiger partial charge in [-0.1, -0.05) is 19.1 Å². The molecule has 0 fully saturated rings. The Morgan fingerprint density at radius 2 is 1.91 bits per heavy atom. The van der Waals surface area contributed by atoms with Crippen LogP contribution in [0.25, 0.3) is 0 Å². The number of amides is 1. The van der Waals surface area contributed by atoms with Crippen LogP contribution in [-0.4, -0.2) is 29.9 Å². The molecule has 0 saturated heterocycles. The number of Topliss-reactive ketones (excluding diaryl/α,β-unsaturated/α-hetero) is 2. The Morgan fingerprint density at radius 3 is 2.43 bits per heavy atom. The Kier molecular flexibility index (Phi) is 5.16. The molecule has 2 rings (SSSR count). The summed E-state index contributed by atoms with van der Waals surface area (Å²) in [6.07, 6.45) is 0.0868. The number of methoxy groups -OCH3 is 1. The van der Waals surface area contributed by atoms with Gasteiger partial charge in [-0.25, -0.2) is 4.79 Å². The highest BCUT2D eigenvalue weighted by atomic mass is 16.5. The van der Waals surface area contributed by atoms with Crippen molar-refractivity contribution in [3.05, 3.63) is 41.2 Å². The number of allylic oxidation sites excluding steroid dienone is 2. The molecule has 1 aliphatic rings. The van der Waals surface area contributed by atoms with Crippen LogP contribution >= 0.6 is 0 Å². The fourth-order valence-electron chi connectivity index (χ4n) is 2.63. The Balaban J connectivity index is 2.15. The van der Waals surface area contributed by atoms with E-state index in [-0.39, 0.29) is 48.1 Å². The molecule has 1 aromatic carbocycles. The normalized spacial score (nSPS) is 17.8. The predicted molar refractivity (Wildman–Crippen MR) is 84.4 cm³/mol. The van der Waals surface area contributed by atoms with Crippen molar-refractivity contribution in [2.45, 2.75) is 32.1 Å². The summed E-state index contributed by atoms with van der Waals surface area (Å²) in [6, 6.07) is 6.96. The van der Waals surface area contributed by atoms with Gasteiger partial charge in [-0.15, -0.1) is 0 Å². The van der Waals surface area contributed by atoms with Gasteiger partial charge in [0, 0.05) is 24.9 Å². The molecule has 0 aliphatic heterocycles. The Hall–Kier alpha value is -2.63. The van der Waals surface area contributed by atoms with Gasteiger partial charge in [0.05, 0.1) is 12.7 Å². The number of aliphatic hydroxyl groups is 1. The average Bonchev–Trinajstić information content (AvgIpc) is 2.54. The molecular weight excluding hydrogens is 298 g/mol. The van der Waals surface area contributed by atoms with Gasteiger partial charge in [0.25, 0.3) is 0 Å². The van der Waals surface area contributed by atoms with Crippen LogP contribution in [0.3, 0.4) is 0 Å². The first-order valence-corrected chi connectivity index (χ1v) is 7.39. The van der Waals surface area contributed by atoms with E-state index in [1.807, 2.05) is 0 Å². The summed E-state index contributed by atoms with van der Waals surface area (Å²) >= 11 is 0. The minimum absolute atomic E-state index is 0.0484. The van der Waals surface area contributed by atoms with Crippen LogP contribution in [0.15, 0.2) is 35.6 Å². The van der Waals surface area contributed by atoms with Crippen LogP contribution in [0.1, 0.15) is 37.7 Å². The largest absolute Gasteiger partial charge is 0.511 e. The highest BCUT2D eigenvalue weighted by Crippen LogP contribution is 2.34. The molecule has 2 N–H and O–H groups in total. The summed E-state index contributed by atoms with van der Waals surface area (Å²) in [5.74, 6) is -0.941. The lowest BCUT2D eigenvalue weighted by Crippen LogP contribution is -2.23. The number of ketones is 2. The maximum atomic E-state index is 12.1. The topological polar surface area (TPSA) is 92.7 Å². The van der Waals surface area contributed by atoms with E-state index in [1.165, 1.54) is 7.11 Å². The molecule has 0 bridgehead atoms. The molecule has 23 heavy (non-hydrogen) atoms. The molecule has 6 heteroatoms. The van der Waals surface area contributed by atoms with Crippen LogP contribution in [0.2, 0.25) is 0 Å². The Morgan fingerprint density at radius 1 is 1.26 bits per heavy atom. The molecule has 0 aromatic heterocycles. The number of hydrogen-bond donors (Lipinski definition) is 2. The van der Waals surface area contributed by atoms with Crippen molar-refractivity contribution in [2.24, 2.45) is 0 Å². The van der Waals surface area contributed by atoms with Gasteiger partial charge in [-0.2, -0.15) is 0 Å². The lowest BCUT2D eigenvalue weighted by Gasteiger charge is -2.23. The van der Waals surface area contributed by atoms with Gasteiger partial charge in [0.2, 0.25) is 0 Å². The molecule has 0 spiro atoms. The van der Waals surface area contributed by atoms with Crippen LogP contribution < -0.4 is 5.32 Å². The maximum Gasteiger partial charge on any atom is 0.411 e. The van der Waals surface area contributed by atoms with Gasteiger partial charge in [-0.05, 0) is 23.6 Å². The number of carbonyl (C=O) groups is 3. The fourth-order valence-corrected chi connectivity index (χ4v) is 2.63. The molecular formula is C17H19NO5. The molecule has 1 unspecified atom stereocenters. The lowest BCUT2D eigenvalue weighted by molar-refractivity contribution is -0.122. The number of aliphatic hydroxyl groups excluding tert-OH is 1. The fraction of sp³-hybridized carbons (Fsp3) is 0.353. The standard InChI is InChI=1S/C17H19NO5/c1-3-13(19)16-14(20)8-11(9-15(16)21)10-4-6-12(7-5-10)18-17(22)23-2/h4-7,11,20H,3,8-9H2,1-2H3,(H,18,22). The van der Waals surface area contributed by atoms with Crippen molar-refractivity contribution in [1.29, 1.82) is 0 Å². The van der Waals surface area contributed by atoms with Gasteiger partial charge < -0.3 is 9.84 Å². The Bertz CT molecular complexity index is 660. The van der Waals surface area contributed by atoms with Crippen molar-refractivity contribution >= 4 is 23.3 Å². The molecule has 6 nitrogen and oxygen atoms in total. The molecule has 0 saturated carbocycles. The second-order valence-corrected chi connectivity index (χ2v) is 5.37. The Labute approximate surface area is 134 Å². The van der Waals surface area contributed by atoms with Gasteiger partial charge in [-0.3, -0.25) is 14.9 Å². The first-order valence-electron chi connectivity index (χ1n) is 7.39. The number of rotatable bonds is 4. The zero-order valence-corrected chi connectivity index (χ0v) is 13.1. The number of carbonyl (C=O) groups excluding carboxylic acids is 3. The molecule has 1 aliphatic carbocycles. The third-order valence-corrected chi connectivity index (χ3v) is 3.85. The van der Waals surface area contributed by atoms with Crippen molar-refractivity contribution in [2.75, 3.05) is 12.4 Å². The van der Waals surface area contributed by atoms with E-state index in [2.05, 4.69) is 10.1 Å². The van der Waals surface area contributed by atoms with Gasteiger partial charge in [0.1, 0.15) is 5.76 Å². The quantitative estimate of drug-likeness (QED) is 0.832. The molecule has 1 atom stereocenters. The highest BCUT2D eigenvalue weighted by Gasteiger charge is 2.31. The molecule has 1 amide bonds. The minimum Gasteiger partial charge on any atom is -0.511 e. The number of benzene rings is 1. The number of anilines is 1. The highest BCUT2D eigenvalue weighted by molar-refractivity contribution is 6.21. The second-order valence-electron chi connectivity index (χ2n) is 5.37. The van der Waals surface area contributed by atoms with Crippen LogP contribution in [-0.2, 0) is 14.3 Å². The first-order chi connectivity index (χ1) is 11.0. The van der Waals surface area contributed by atoms with Crippen LogP contribution in [0.5, 0.6) is 0 Å². The summed E-state index contributed by atoms with van der Waals surface area (Å²) in [5.41, 5.74) is 1.39. The van der Waals surface area contributed by atoms with Crippen molar-refractivity contribution in [1.82, 2.24) is 0 Å². The molecule has 0 radical (unpaired) electrons. The van der Waals surface area contributed by atoms with Crippen LogP contribution in [0.4, 0.5) is 10.5 Å². The van der Waals surface area contributed by atoms with Crippen molar-refractivity contribution in [3.8, 4) is 0 Å². The monoisotopic (exact) mass is 317 g/mol. The molecule has 0 heterocycles. The molecule has 1 aromatic rings. The third kappa shape index (κ3) is 3.77. The summed E-state index contributed by atoms with van der Waals surface area (Å²) in [6.45, 7) is 1.66. The SMILES string of the molecule is CCC(=O)C1=C(O)CC(c2ccc(NC(=O)OC)cc2)CC1=O. The van der Waals surface area contributed by atoms with E-state index in [0.29, 0.717) is 5.69 Å². The zero-order chi connectivity index (χ0) is 17.0. The van der Waals surface area contributed by atoms with E-state index in [0.717, 1.165) is 5.56 Å². The van der Waals surface area contributed by atoms with Crippen molar-refractivity contribution in [3.63, 3.8) is 0 Å². The van der Waals surface area contributed by atoms with Crippen molar-refractivity contribution < 1.29 is 24.2 Å². The van der Waals surface area contributed by atoms with Gasteiger partial charge in [0.15, 0.2) is 11.6 Å². The van der Waals surface area contributed by atoms with E-state index in [4.69, 9.17) is 0 Å². The van der Waals surface area contributed by atoms with Crippen LogP contribution in [0, 0.1) is 0 Å². The summed E-state index contributed by atoms with van der Waals surface area (Å²) in [4.78, 5) is 35.0. The third-order valence-electron chi connectivity index (χ3n) is 3.85. The lowest BCUT2D eigenvalue weighted by atomic mass is 9.81. The minimum atomic E-state index is -0.561. The summed E-state index contributed by atoms with van der Waals surface area (Å²) < 4.78 is 4.51. The maximum absolute atomic E-state index is 12.1. The van der Waals surface area contributed by atoms with E-state index >= 15 is 0 Å². The first kappa shape index (κ1) is 16.7. The molecule has 122 valence electrons. The zero-order valence-electron chi connectivity index (χ0n) is 13.1. The smallest absolute Gasteiger partial charge is 0.411 e. The second kappa shape index (κ2) is 7.09. The van der Waals surface area contributed by atoms with Gasteiger partial charge >= 0.3 is 6.09 Å². The number of ether oxygens (including phenoxy) is 1.